The van der Waals surface area contributed by atoms with Crippen LogP contribution in [0, 0.1) is 10.8 Å². The molecule has 8 nitrogen and oxygen atoms in total. The fourth-order valence-electron chi connectivity index (χ4n) is 4.23. The van der Waals surface area contributed by atoms with Crippen molar-refractivity contribution < 1.29 is 9.53 Å². The number of aromatic nitrogens is 2. The third kappa shape index (κ3) is 5.33. The summed E-state index contributed by atoms with van der Waals surface area (Å²) in [5, 5.41) is 8.76. The van der Waals surface area contributed by atoms with Crippen LogP contribution >= 0.6 is 0 Å². The summed E-state index contributed by atoms with van der Waals surface area (Å²) in [6.45, 7) is 4.49. The average Bonchev–Trinajstić information content (AvgIpc) is 3.55. The van der Waals surface area contributed by atoms with Crippen LogP contribution in [0.3, 0.4) is 0 Å². The lowest BCUT2D eigenvalue weighted by molar-refractivity contribution is -0.117. The molecule has 1 aromatic carbocycles. The Labute approximate surface area is 195 Å². The minimum atomic E-state index is -0.267. The summed E-state index contributed by atoms with van der Waals surface area (Å²) in [5.74, 6) is 1.49. The summed E-state index contributed by atoms with van der Waals surface area (Å²) in [5.41, 5.74) is 7.70. The zero-order valence-electron chi connectivity index (χ0n) is 19.8. The van der Waals surface area contributed by atoms with Crippen molar-refractivity contribution >= 4 is 23.5 Å². The van der Waals surface area contributed by atoms with Gasteiger partial charge in [0, 0.05) is 35.8 Å². The van der Waals surface area contributed by atoms with E-state index in [4.69, 9.17) is 15.9 Å². The molecule has 1 aliphatic carbocycles. The molecule has 2 aromatic rings. The van der Waals surface area contributed by atoms with Crippen LogP contribution in [-0.4, -0.2) is 66.2 Å². The molecule has 0 atom stereocenters. The van der Waals surface area contributed by atoms with Crippen molar-refractivity contribution in [1.82, 2.24) is 14.9 Å². The van der Waals surface area contributed by atoms with Gasteiger partial charge in [0.2, 0.25) is 0 Å². The second-order valence-electron chi connectivity index (χ2n) is 9.96. The Balaban J connectivity index is 1.48. The van der Waals surface area contributed by atoms with E-state index in [0.717, 1.165) is 69.6 Å². The molecule has 0 spiro atoms. The van der Waals surface area contributed by atoms with Crippen LogP contribution < -0.4 is 15.4 Å². The molecule has 3 N–H and O–H groups in total. The summed E-state index contributed by atoms with van der Waals surface area (Å²) >= 11 is 0. The molecule has 8 heteroatoms. The minimum absolute atomic E-state index is 0.102. The van der Waals surface area contributed by atoms with E-state index in [2.05, 4.69) is 26.7 Å². The van der Waals surface area contributed by atoms with Gasteiger partial charge >= 0.3 is 0 Å². The Morgan fingerprint density at radius 1 is 1.21 bits per heavy atom. The van der Waals surface area contributed by atoms with E-state index in [0.29, 0.717) is 16.9 Å². The van der Waals surface area contributed by atoms with E-state index in [1.54, 1.807) is 6.07 Å². The van der Waals surface area contributed by atoms with Crippen LogP contribution in [0.2, 0.25) is 0 Å². The molecule has 2 aliphatic rings. The lowest BCUT2D eigenvalue weighted by Crippen LogP contribution is -2.42. The molecule has 2 fully saturated rings. The molecule has 0 radical (unpaired) electrons. The quantitative estimate of drug-likeness (QED) is 0.343. The molecule has 1 saturated heterocycles. The Hall–Kier alpha value is -3.00. The van der Waals surface area contributed by atoms with E-state index in [-0.39, 0.29) is 16.7 Å². The van der Waals surface area contributed by atoms with E-state index in [1.807, 2.05) is 32.3 Å². The Kier molecular flexibility index (Phi) is 6.38. The van der Waals surface area contributed by atoms with Gasteiger partial charge in [0.25, 0.3) is 0 Å². The van der Waals surface area contributed by atoms with Crippen LogP contribution in [0.5, 0.6) is 5.75 Å². The first-order valence-corrected chi connectivity index (χ1v) is 11.6. The molecule has 0 unspecified atom stereocenters. The smallest absolute Gasteiger partial charge is 0.132 e. The van der Waals surface area contributed by atoms with Gasteiger partial charge < -0.3 is 25.1 Å². The number of ether oxygens (including phenoxy) is 1. The second-order valence-corrected chi connectivity index (χ2v) is 9.96. The summed E-state index contributed by atoms with van der Waals surface area (Å²) in [4.78, 5) is 25.0. The molecule has 2 heterocycles. The zero-order valence-corrected chi connectivity index (χ0v) is 19.8. The Morgan fingerprint density at radius 2 is 1.94 bits per heavy atom. The molecule has 1 saturated carbocycles. The number of carbonyl (C=O) groups is 1. The first kappa shape index (κ1) is 23.2. The largest absolute Gasteiger partial charge is 0.488 e. The summed E-state index contributed by atoms with van der Waals surface area (Å²) < 4.78 is 6.05. The van der Waals surface area contributed by atoms with Crippen molar-refractivity contribution in [2.45, 2.75) is 44.6 Å². The monoisotopic (exact) mass is 450 g/mol. The van der Waals surface area contributed by atoms with Crippen LogP contribution in [0.1, 0.15) is 50.3 Å². The number of nitrogens with zero attached hydrogens (tertiary/aromatic N) is 4. The first-order chi connectivity index (χ1) is 15.7. The molecule has 0 bridgehead atoms. The number of benzene rings is 1. The fraction of sp³-hybridized carbons (Fsp3) is 0.520. The van der Waals surface area contributed by atoms with Gasteiger partial charge in [-0.15, -0.1) is 0 Å². The molecular weight excluding hydrogens is 416 g/mol. The number of nitrogens with one attached hydrogen (secondary N) is 1. The molecule has 1 aliphatic heterocycles. The van der Waals surface area contributed by atoms with E-state index in [9.17, 15) is 4.79 Å². The highest BCUT2D eigenvalue weighted by molar-refractivity contribution is 6.13. The number of carbonyl (C=O) groups excluding carboxylic acids is 1. The number of nitrogen functional groups attached to an aromatic ring is 1. The van der Waals surface area contributed by atoms with Gasteiger partial charge in [0.05, 0.1) is 11.4 Å². The normalized spacial score (nSPS) is 18.7. The molecule has 33 heavy (non-hydrogen) atoms. The van der Waals surface area contributed by atoms with Crippen LogP contribution in [-0.2, 0) is 4.79 Å². The topological polar surface area (TPSA) is 108 Å². The first-order valence-electron chi connectivity index (χ1n) is 11.6. The van der Waals surface area contributed by atoms with Crippen molar-refractivity contribution in [3.63, 3.8) is 0 Å². The number of rotatable bonds is 9. The van der Waals surface area contributed by atoms with Gasteiger partial charge in [0.15, 0.2) is 0 Å². The van der Waals surface area contributed by atoms with Gasteiger partial charge in [-0.05, 0) is 77.9 Å². The van der Waals surface area contributed by atoms with Gasteiger partial charge in [-0.25, -0.2) is 9.97 Å². The maximum Gasteiger partial charge on any atom is 0.132 e. The van der Waals surface area contributed by atoms with E-state index >= 15 is 0 Å². The van der Waals surface area contributed by atoms with Crippen LogP contribution in [0.4, 0.5) is 11.5 Å². The average molecular weight is 451 g/mol. The van der Waals surface area contributed by atoms with E-state index < -0.39 is 0 Å². The predicted molar refractivity (Wildman–Crippen MR) is 130 cm³/mol. The highest BCUT2D eigenvalue weighted by atomic mass is 16.5. The third-order valence-electron chi connectivity index (χ3n) is 6.91. The van der Waals surface area contributed by atoms with Crippen molar-refractivity contribution in [2.24, 2.45) is 5.41 Å². The van der Waals surface area contributed by atoms with Crippen LogP contribution in [0.15, 0.2) is 30.6 Å². The number of piperidine rings is 1. The van der Waals surface area contributed by atoms with Gasteiger partial charge in [-0.3, -0.25) is 5.41 Å². The van der Waals surface area contributed by atoms with Gasteiger partial charge in [0.1, 0.15) is 29.8 Å². The van der Waals surface area contributed by atoms with Crippen molar-refractivity contribution in [3.8, 4) is 5.75 Å². The van der Waals surface area contributed by atoms with E-state index in [1.165, 1.54) is 6.33 Å². The Morgan fingerprint density at radius 3 is 2.58 bits per heavy atom. The third-order valence-corrected chi connectivity index (χ3v) is 6.91. The number of hydrogen-bond donors (Lipinski definition) is 2. The minimum Gasteiger partial charge on any atom is -0.488 e. The molecule has 4 rings (SSSR count). The number of anilines is 2. The summed E-state index contributed by atoms with van der Waals surface area (Å²) in [7, 11) is 4.07. The second kappa shape index (κ2) is 9.09. The zero-order chi connectivity index (χ0) is 23.6. The van der Waals surface area contributed by atoms with Gasteiger partial charge in [-0.1, -0.05) is 0 Å². The standard InChI is InChI=1S/C25H34N6O2/c1-24(6-7-24)33-18-4-5-20(26)19(14-18)23(27)21-15-22(29-17-28-21)31-12-9-25(16-32,10-13-31)8-11-30(2)3/h4-5,14-17,27H,6-13,26H2,1-3H3. The summed E-state index contributed by atoms with van der Waals surface area (Å²) in [6, 6.07) is 7.30. The fourth-order valence-corrected chi connectivity index (χ4v) is 4.23. The highest BCUT2D eigenvalue weighted by Crippen LogP contribution is 2.40. The maximum atomic E-state index is 11.9. The molecular formula is C25H34N6O2. The van der Waals surface area contributed by atoms with Crippen molar-refractivity contribution in [3.05, 3.63) is 41.9 Å². The van der Waals surface area contributed by atoms with Crippen molar-refractivity contribution in [2.75, 3.05) is 44.4 Å². The van der Waals surface area contributed by atoms with Crippen LogP contribution in [0.25, 0.3) is 0 Å². The maximum absolute atomic E-state index is 11.9. The van der Waals surface area contributed by atoms with Gasteiger partial charge in [-0.2, -0.15) is 0 Å². The Bertz CT molecular complexity index is 1030. The van der Waals surface area contributed by atoms with Crippen molar-refractivity contribution in [1.29, 1.82) is 5.41 Å². The predicted octanol–water partition coefficient (Wildman–Crippen LogP) is 3.14. The number of nitrogens with two attached hydrogens (primary N) is 1. The lowest BCUT2D eigenvalue weighted by atomic mass is 9.77. The molecule has 1 aromatic heterocycles. The summed E-state index contributed by atoms with van der Waals surface area (Å²) in [6.07, 6.45) is 7.18. The SMILES string of the molecule is CN(C)CCC1(C=O)CCN(c2cc(C(=N)c3cc(OC4(C)CC4)ccc3N)ncn2)CC1. The molecule has 0 amide bonds. The highest BCUT2D eigenvalue weighted by Gasteiger charge is 2.40. The number of aldehydes is 1. The lowest BCUT2D eigenvalue weighted by Gasteiger charge is -2.39. The number of hydrogen-bond acceptors (Lipinski definition) is 8. The molecule has 176 valence electrons.